The average molecular weight is 443 g/mol. The zero-order valence-corrected chi connectivity index (χ0v) is 18.9. The van der Waals surface area contributed by atoms with E-state index < -0.39 is 17.7 Å². The van der Waals surface area contributed by atoms with E-state index in [1.165, 1.54) is 4.90 Å². The van der Waals surface area contributed by atoms with Crippen molar-refractivity contribution in [2.24, 2.45) is 0 Å². The van der Waals surface area contributed by atoms with Gasteiger partial charge in [0.05, 0.1) is 18.2 Å². The number of aryl methyl sites for hydroxylation is 1. The molecular formula is C24H27ClN2O4. The van der Waals surface area contributed by atoms with Gasteiger partial charge in [-0.1, -0.05) is 23.7 Å². The Labute approximate surface area is 187 Å². The largest absolute Gasteiger partial charge is 0.507 e. The summed E-state index contributed by atoms with van der Waals surface area (Å²) >= 11 is 6.04. The van der Waals surface area contributed by atoms with Gasteiger partial charge in [-0.3, -0.25) is 9.59 Å². The molecular weight excluding hydrogens is 416 g/mol. The van der Waals surface area contributed by atoms with Crippen LogP contribution in [-0.4, -0.2) is 60.4 Å². The van der Waals surface area contributed by atoms with E-state index >= 15 is 0 Å². The van der Waals surface area contributed by atoms with Crippen LogP contribution in [0, 0.1) is 6.92 Å². The summed E-state index contributed by atoms with van der Waals surface area (Å²) in [6.07, 6.45) is 0. The van der Waals surface area contributed by atoms with E-state index in [4.69, 9.17) is 16.3 Å². The van der Waals surface area contributed by atoms with Crippen molar-refractivity contribution in [1.82, 2.24) is 9.80 Å². The molecule has 7 heteroatoms. The molecule has 164 valence electrons. The van der Waals surface area contributed by atoms with Crippen molar-refractivity contribution in [3.8, 4) is 5.75 Å². The predicted molar refractivity (Wildman–Crippen MR) is 121 cm³/mol. The molecule has 3 rings (SSSR count). The molecule has 1 saturated heterocycles. The average Bonchev–Trinajstić information content (AvgIpc) is 2.98. The van der Waals surface area contributed by atoms with E-state index in [1.54, 1.807) is 42.5 Å². The van der Waals surface area contributed by atoms with Crippen LogP contribution in [0.15, 0.2) is 48.0 Å². The number of carbonyl (C=O) groups is 2. The van der Waals surface area contributed by atoms with Gasteiger partial charge < -0.3 is 19.6 Å². The maximum atomic E-state index is 13.0. The molecule has 0 radical (unpaired) electrons. The van der Waals surface area contributed by atoms with E-state index in [0.29, 0.717) is 41.6 Å². The molecule has 2 aromatic rings. The molecule has 1 heterocycles. The van der Waals surface area contributed by atoms with Gasteiger partial charge in [-0.05, 0) is 69.4 Å². The summed E-state index contributed by atoms with van der Waals surface area (Å²) in [5.41, 5.74) is 2.09. The van der Waals surface area contributed by atoms with Crippen LogP contribution in [0.25, 0.3) is 5.76 Å². The first-order valence-electron chi connectivity index (χ1n) is 10.2. The van der Waals surface area contributed by atoms with Crippen molar-refractivity contribution in [3.63, 3.8) is 0 Å². The second-order valence-electron chi connectivity index (χ2n) is 7.76. The third kappa shape index (κ3) is 4.75. The monoisotopic (exact) mass is 442 g/mol. The van der Waals surface area contributed by atoms with Gasteiger partial charge in [-0.25, -0.2) is 0 Å². The standard InChI is InChI=1S/C24H27ClN2O4/c1-5-31-19-11-8-17(14-15(19)2)22(28)20-21(16-6-9-18(25)10-7-16)27(13-12-26(3)4)24(30)23(20)29/h6-11,14,21,28H,5,12-13H2,1-4H3/b22-20-. The number of halogens is 1. The maximum absolute atomic E-state index is 13.0. The summed E-state index contributed by atoms with van der Waals surface area (Å²) in [6, 6.07) is 11.5. The van der Waals surface area contributed by atoms with Crippen molar-refractivity contribution in [1.29, 1.82) is 0 Å². The number of Topliss-reactive ketones (excluding diaryl/α,β-unsaturated/α-hetero) is 1. The zero-order chi connectivity index (χ0) is 22.7. The fraction of sp³-hybridized carbons (Fsp3) is 0.333. The number of carbonyl (C=O) groups excluding carboxylic acids is 2. The van der Waals surface area contributed by atoms with Gasteiger partial charge in [-0.2, -0.15) is 0 Å². The second-order valence-corrected chi connectivity index (χ2v) is 8.20. The van der Waals surface area contributed by atoms with Crippen LogP contribution in [-0.2, 0) is 9.59 Å². The number of amides is 1. The Morgan fingerprint density at radius 1 is 1.16 bits per heavy atom. The number of ketones is 1. The molecule has 0 bridgehead atoms. The molecule has 1 N–H and O–H groups in total. The van der Waals surface area contributed by atoms with Crippen molar-refractivity contribution in [2.75, 3.05) is 33.8 Å². The number of benzene rings is 2. The highest BCUT2D eigenvalue weighted by Gasteiger charge is 2.45. The van der Waals surface area contributed by atoms with Crippen LogP contribution >= 0.6 is 11.6 Å². The normalized spacial score (nSPS) is 18.1. The van der Waals surface area contributed by atoms with E-state index in [9.17, 15) is 14.7 Å². The van der Waals surface area contributed by atoms with Crippen molar-refractivity contribution in [2.45, 2.75) is 19.9 Å². The van der Waals surface area contributed by atoms with Crippen LogP contribution in [0.5, 0.6) is 5.75 Å². The molecule has 2 aromatic carbocycles. The maximum Gasteiger partial charge on any atom is 0.295 e. The van der Waals surface area contributed by atoms with Crippen molar-refractivity contribution in [3.05, 3.63) is 69.8 Å². The Hall–Kier alpha value is -2.83. The number of likely N-dealkylation sites (N-methyl/N-ethyl adjacent to an activating group) is 1. The fourth-order valence-corrected chi connectivity index (χ4v) is 3.81. The number of nitrogens with zero attached hydrogens (tertiary/aromatic N) is 2. The summed E-state index contributed by atoms with van der Waals surface area (Å²) in [5, 5.41) is 11.7. The summed E-state index contributed by atoms with van der Waals surface area (Å²) in [7, 11) is 3.80. The Bertz CT molecular complexity index is 1010. The van der Waals surface area contributed by atoms with Crippen LogP contribution in [0.4, 0.5) is 0 Å². The summed E-state index contributed by atoms with van der Waals surface area (Å²) in [5.74, 6) is -0.801. The van der Waals surface area contributed by atoms with E-state index in [0.717, 1.165) is 5.56 Å². The molecule has 0 saturated carbocycles. The third-order valence-electron chi connectivity index (χ3n) is 5.26. The van der Waals surface area contributed by atoms with Gasteiger partial charge in [-0.15, -0.1) is 0 Å². The minimum atomic E-state index is -0.692. The highest BCUT2D eigenvalue weighted by molar-refractivity contribution is 6.46. The minimum Gasteiger partial charge on any atom is -0.507 e. The molecule has 0 spiro atoms. The Balaban J connectivity index is 2.12. The smallest absolute Gasteiger partial charge is 0.295 e. The van der Waals surface area contributed by atoms with Crippen LogP contribution < -0.4 is 4.74 Å². The van der Waals surface area contributed by atoms with Crippen LogP contribution in [0.2, 0.25) is 5.02 Å². The van der Waals surface area contributed by atoms with Crippen LogP contribution in [0.1, 0.15) is 29.7 Å². The van der Waals surface area contributed by atoms with Gasteiger partial charge in [0.25, 0.3) is 11.7 Å². The topological polar surface area (TPSA) is 70.1 Å². The van der Waals surface area contributed by atoms with Gasteiger partial charge in [0.15, 0.2) is 0 Å². The Morgan fingerprint density at radius 3 is 2.42 bits per heavy atom. The number of likely N-dealkylation sites (tertiary alicyclic amines) is 1. The first-order valence-corrected chi connectivity index (χ1v) is 10.5. The SMILES string of the molecule is CCOc1ccc(/C(O)=C2/C(=O)C(=O)N(CCN(C)C)C2c2ccc(Cl)cc2)cc1C. The summed E-state index contributed by atoms with van der Waals surface area (Å²) in [6.45, 7) is 5.23. The molecule has 1 fully saturated rings. The number of hydrogen-bond donors (Lipinski definition) is 1. The van der Waals surface area contributed by atoms with Gasteiger partial charge in [0.2, 0.25) is 0 Å². The number of rotatable bonds is 7. The lowest BCUT2D eigenvalue weighted by Gasteiger charge is -2.26. The summed E-state index contributed by atoms with van der Waals surface area (Å²) < 4.78 is 5.56. The quantitative estimate of drug-likeness (QED) is 0.398. The number of ether oxygens (including phenoxy) is 1. The van der Waals surface area contributed by atoms with Gasteiger partial charge in [0.1, 0.15) is 11.5 Å². The van der Waals surface area contributed by atoms with E-state index in [1.807, 2.05) is 32.8 Å². The molecule has 1 atom stereocenters. The number of aliphatic hydroxyl groups excluding tert-OH is 1. The Kier molecular flexibility index (Phi) is 7.03. The third-order valence-corrected chi connectivity index (χ3v) is 5.51. The van der Waals surface area contributed by atoms with Crippen molar-refractivity contribution >= 4 is 29.1 Å². The van der Waals surface area contributed by atoms with E-state index in [-0.39, 0.29) is 11.3 Å². The fourth-order valence-electron chi connectivity index (χ4n) is 3.68. The molecule has 0 aromatic heterocycles. The highest BCUT2D eigenvalue weighted by Crippen LogP contribution is 2.40. The minimum absolute atomic E-state index is 0.0784. The second kappa shape index (κ2) is 9.54. The molecule has 0 aliphatic carbocycles. The highest BCUT2D eigenvalue weighted by atomic mass is 35.5. The van der Waals surface area contributed by atoms with Gasteiger partial charge >= 0.3 is 0 Å². The molecule has 1 aliphatic heterocycles. The molecule has 1 amide bonds. The zero-order valence-electron chi connectivity index (χ0n) is 18.2. The van der Waals surface area contributed by atoms with Crippen molar-refractivity contribution < 1.29 is 19.4 Å². The first kappa shape index (κ1) is 22.8. The first-order chi connectivity index (χ1) is 14.7. The predicted octanol–water partition coefficient (Wildman–Crippen LogP) is 4.03. The van der Waals surface area contributed by atoms with E-state index in [2.05, 4.69) is 0 Å². The van der Waals surface area contributed by atoms with Gasteiger partial charge in [0, 0.05) is 23.7 Å². The Morgan fingerprint density at radius 2 is 1.84 bits per heavy atom. The lowest BCUT2D eigenvalue weighted by Crippen LogP contribution is -2.35. The lowest BCUT2D eigenvalue weighted by atomic mass is 9.95. The molecule has 31 heavy (non-hydrogen) atoms. The molecule has 6 nitrogen and oxygen atoms in total. The number of aliphatic hydroxyl groups is 1. The molecule has 1 unspecified atom stereocenters. The van der Waals surface area contributed by atoms with Crippen LogP contribution in [0.3, 0.4) is 0 Å². The lowest BCUT2D eigenvalue weighted by molar-refractivity contribution is -0.140. The number of hydrogen-bond acceptors (Lipinski definition) is 5. The molecule has 1 aliphatic rings. The summed E-state index contributed by atoms with van der Waals surface area (Å²) in [4.78, 5) is 29.3.